The average molecular weight is 403 g/mol. The van der Waals surface area contributed by atoms with E-state index in [4.69, 9.17) is 4.74 Å². The smallest absolute Gasteiger partial charge is 0.309 e. The van der Waals surface area contributed by atoms with Gasteiger partial charge in [-0.05, 0) is 108 Å². The van der Waals surface area contributed by atoms with Crippen LogP contribution in [0.4, 0.5) is 0 Å². The number of aryl methyl sites for hydroxylation is 3. The molecule has 0 radical (unpaired) electrons. The van der Waals surface area contributed by atoms with E-state index in [-0.39, 0.29) is 5.60 Å². The molecule has 1 aliphatic carbocycles. The number of aliphatic carboxylic acids is 1. The molecule has 0 saturated heterocycles. The summed E-state index contributed by atoms with van der Waals surface area (Å²) < 4.78 is 5.23. The number of carboxylic acids is 1. The first-order valence-corrected chi connectivity index (χ1v) is 11.1. The van der Waals surface area contributed by atoms with E-state index in [1.54, 1.807) is 0 Å². The Balaban J connectivity index is 1.77. The first-order chi connectivity index (χ1) is 13.7. The van der Waals surface area contributed by atoms with Gasteiger partial charge in [0.05, 0.1) is 5.41 Å². The highest BCUT2D eigenvalue weighted by Crippen LogP contribution is 2.43. The third-order valence-corrected chi connectivity index (χ3v) is 6.62. The van der Waals surface area contributed by atoms with Crippen LogP contribution in [0.15, 0.2) is 12.1 Å². The largest absolute Gasteiger partial charge is 0.481 e. The van der Waals surface area contributed by atoms with Crippen LogP contribution in [-0.4, -0.2) is 23.1 Å². The topological polar surface area (TPSA) is 63.6 Å². The Hall–Kier alpha value is -1.84. The first-order valence-electron chi connectivity index (χ1n) is 11.1. The normalized spacial score (nSPS) is 15.2. The Morgan fingerprint density at radius 2 is 1.79 bits per heavy atom. The fourth-order valence-corrected chi connectivity index (χ4v) is 4.03. The molecule has 1 saturated carbocycles. The maximum Gasteiger partial charge on any atom is 0.309 e. The van der Waals surface area contributed by atoms with Crippen molar-refractivity contribution in [3.05, 3.63) is 34.4 Å². The maximum absolute atomic E-state index is 11.2. The summed E-state index contributed by atoms with van der Waals surface area (Å²) in [7, 11) is 0. The molecule has 4 nitrogen and oxygen atoms in total. The molecule has 2 rings (SSSR count). The number of benzene rings is 1. The Morgan fingerprint density at radius 1 is 1.10 bits per heavy atom. The summed E-state index contributed by atoms with van der Waals surface area (Å²) in [6.07, 6.45) is 11.2. The number of unbranched alkanes of at least 4 members (excludes halogenated alkanes) is 3. The van der Waals surface area contributed by atoms with Gasteiger partial charge in [0.2, 0.25) is 0 Å². The molecule has 0 atom stereocenters. The number of ether oxygens (including phenoxy) is 1. The molecule has 4 heteroatoms. The van der Waals surface area contributed by atoms with E-state index in [2.05, 4.69) is 26.0 Å². The van der Waals surface area contributed by atoms with E-state index >= 15 is 0 Å². The molecule has 0 unspecified atom stereocenters. The third-order valence-electron chi connectivity index (χ3n) is 6.62. The lowest BCUT2D eigenvalue weighted by Crippen LogP contribution is -2.23. The van der Waals surface area contributed by atoms with Crippen molar-refractivity contribution in [3.8, 4) is 0 Å². The Labute approximate surface area is 176 Å². The molecule has 0 amide bonds. The van der Waals surface area contributed by atoms with Crippen molar-refractivity contribution in [2.24, 2.45) is 5.41 Å². The van der Waals surface area contributed by atoms with Gasteiger partial charge in [0.15, 0.2) is 0 Å². The highest BCUT2D eigenvalue weighted by Gasteiger charge is 2.44. The third kappa shape index (κ3) is 7.17. The lowest BCUT2D eigenvalue weighted by Gasteiger charge is -2.18. The van der Waals surface area contributed by atoms with Crippen molar-refractivity contribution in [3.63, 3.8) is 0 Å². The van der Waals surface area contributed by atoms with Crippen LogP contribution in [0.3, 0.4) is 0 Å². The van der Waals surface area contributed by atoms with Crippen LogP contribution in [0, 0.1) is 19.3 Å². The van der Waals surface area contributed by atoms with Crippen molar-refractivity contribution < 1.29 is 19.4 Å². The minimum absolute atomic E-state index is 0.134. The first kappa shape index (κ1) is 23.4. The van der Waals surface area contributed by atoms with Gasteiger partial charge in [0, 0.05) is 0 Å². The second kappa shape index (κ2) is 10.3. The molecule has 0 heterocycles. The molecule has 0 aliphatic heterocycles. The molecule has 0 bridgehead atoms. The number of rotatable bonds is 14. The van der Waals surface area contributed by atoms with Crippen molar-refractivity contribution in [1.29, 1.82) is 0 Å². The van der Waals surface area contributed by atoms with Crippen molar-refractivity contribution in [2.45, 2.75) is 104 Å². The lowest BCUT2D eigenvalue weighted by atomic mass is 9.86. The van der Waals surface area contributed by atoms with E-state index < -0.39 is 11.4 Å². The zero-order valence-electron chi connectivity index (χ0n) is 18.7. The molecule has 162 valence electrons. The minimum Gasteiger partial charge on any atom is -0.481 e. The second-order valence-corrected chi connectivity index (χ2v) is 9.55. The molecule has 1 aromatic rings. The van der Waals surface area contributed by atoms with Crippen LogP contribution in [0.5, 0.6) is 0 Å². The van der Waals surface area contributed by atoms with Crippen LogP contribution in [0.25, 0.3) is 0 Å². The fourth-order valence-electron chi connectivity index (χ4n) is 4.03. The minimum atomic E-state index is -0.706. The Bertz CT molecular complexity index is 701. The highest BCUT2D eigenvalue weighted by molar-refractivity contribution is 5.73. The van der Waals surface area contributed by atoms with Crippen LogP contribution in [0.1, 0.15) is 93.9 Å². The lowest BCUT2D eigenvalue weighted by molar-refractivity contribution is -0.147. The van der Waals surface area contributed by atoms with Gasteiger partial charge in [-0.25, -0.2) is 0 Å². The van der Waals surface area contributed by atoms with Crippen LogP contribution >= 0.6 is 0 Å². The van der Waals surface area contributed by atoms with Gasteiger partial charge in [-0.1, -0.05) is 25.0 Å². The summed E-state index contributed by atoms with van der Waals surface area (Å²) in [6, 6.07) is 4.67. The van der Waals surface area contributed by atoms with Gasteiger partial charge in [-0.2, -0.15) is 0 Å². The number of hydrogen-bond acceptors (Lipinski definition) is 3. The summed E-state index contributed by atoms with van der Waals surface area (Å²) in [6.45, 7) is 8.61. The summed E-state index contributed by atoms with van der Waals surface area (Å²) in [5.41, 5.74) is 4.81. The van der Waals surface area contributed by atoms with Gasteiger partial charge >= 0.3 is 5.97 Å². The van der Waals surface area contributed by atoms with E-state index in [0.717, 1.165) is 70.6 Å². The van der Waals surface area contributed by atoms with Gasteiger partial charge in [-0.3, -0.25) is 9.59 Å². The number of carbonyl (C=O) groups is 2. The molecule has 1 fully saturated rings. The molecule has 1 aliphatic rings. The zero-order chi connectivity index (χ0) is 21.5. The fraction of sp³-hybridized carbons (Fsp3) is 0.680. The predicted octanol–water partition coefficient (Wildman–Crippen LogP) is 5.94. The molecular formula is C25H38O4. The number of carboxylic acid groups (broad SMARTS) is 1. The molecule has 1 aromatic carbocycles. The molecular weight excluding hydrogens is 364 g/mol. The Morgan fingerprint density at radius 3 is 2.41 bits per heavy atom. The number of carbonyl (C=O) groups excluding carboxylic acids is 1. The summed E-state index contributed by atoms with van der Waals surface area (Å²) in [4.78, 5) is 21.8. The standard InChI is InChI=1S/C25H38O4/c1-19-16-21(10-7-9-13-25(14-15-25)29-18-26)17-22(20(19)2)11-6-5-8-12-24(3,4)23(27)28/h16-18H,5-15H2,1-4H3,(H,27,28). The second-order valence-electron chi connectivity index (χ2n) is 9.55. The summed E-state index contributed by atoms with van der Waals surface area (Å²) >= 11 is 0. The monoisotopic (exact) mass is 402 g/mol. The van der Waals surface area contributed by atoms with E-state index in [1.807, 2.05) is 13.8 Å². The molecule has 1 N–H and O–H groups in total. The van der Waals surface area contributed by atoms with Crippen molar-refractivity contribution in [2.75, 3.05) is 0 Å². The van der Waals surface area contributed by atoms with Crippen molar-refractivity contribution in [1.82, 2.24) is 0 Å². The molecule has 29 heavy (non-hydrogen) atoms. The van der Waals surface area contributed by atoms with E-state index in [1.165, 1.54) is 22.3 Å². The van der Waals surface area contributed by atoms with Gasteiger partial charge in [0.25, 0.3) is 6.47 Å². The van der Waals surface area contributed by atoms with Crippen LogP contribution in [-0.2, 0) is 27.2 Å². The molecule has 0 spiro atoms. The average Bonchev–Trinajstić information content (AvgIpc) is 3.42. The summed E-state index contributed by atoms with van der Waals surface area (Å²) in [5, 5.41) is 9.21. The van der Waals surface area contributed by atoms with Gasteiger partial charge < -0.3 is 9.84 Å². The van der Waals surface area contributed by atoms with Gasteiger partial charge in [0.1, 0.15) is 5.60 Å². The van der Waals surface area contributed by atoms with E-state index in [9.17, 15) is 14.7 Å². The van der Waals surface area contributed by atoms with Crippen LogP contribution < -0.4 is 0 Å². The highest BCUT2D eigenvalue weighted by atomic mass is 16.5. The molecule has 0 aromatic heterocycles. The van der Waals surface area contributed by atoms with Crippen LogP contribution in [0.2, 0.25) is 0 Å². The zero-order valence-corrected chi connectivity index (χ0v) is 18.7. The predicted molar refractivity (Wildman–Crippen MR) is 116 cm³/mol. The van der Waals surface area contributed by atoms with E-state index in [0.29, 0.717) is 6.47 Å². The van der Waals surface area contributed by atoms with Gasteiger partial charge in [-0.15, -0.1) is 0 Å². The maximum atomic E-state index is 11.2. The Kier molecular flexibility index (Phi) is 8.30. The quantitative estimate of drug-likeness (QED) is 0.309. The van der Waals surface area contributed by atoms with Crippen molar-refractivity contribution >= 4 is 12.4 Å². The SMILES string of the molecule is Cc1cc(CCCCC2(OC=O)CC2)cc(CCCCCC(C)(C)C(=O)O)c1C. The summed E-state index contributed by atoms with van der Waals surface area (Å²) in [5.74, 6) is -0.706. The number of hydrogen-bond donors (Lipinski definition) is 1.